The number of sulfonamides is 1. The Morgan fingerprint density at radius 3 is 2.28 bits per heavy atom. The molecule has 0 heterocycles. The van der Waals surface area contributed by atoms with Gasteiger partial charge in [-0.1, -0.05) is 26.8 Å². The normalized spacial score (nSPS) is 16.6. The van der Waals surface area contributed by atoms with Gasteiger partial charge in [0.05, 0.1) is 5.75 Å². The summed E-state index contributed by atoms with van der Waals surface area (Å²) in [7, 11) is -3.69. The number of urea groups is 1. The molecular weight excluding hydrogens is 386 g/mol. The minimum atomic E-state index is -3.69. The fourth-order valence-corrected chi connectivity index (χ4v) is 6.12. The molecule has 0 saturated heterocycles. The van der Waals surface area contributed by atoms with Crippen LogP contribution in [0.2, 0.25) is 0 Å². The Labute approximate surface area is 175 Å². The second-order valence-corrected chi connectivity index (χ2v) is 10.3. The van der Waals surface area contributed by atoms with Gasteiger partial charge in [0.2, 0.25) is 10.0 Å². The van der Waals surface area contributed by atoms with E-state index in [-0.39, 0.29) is 11.7 Å². The van der Waals surface area contributed by atoms with E-state index in [4.69, 9.17) is 0 Å². The summed E-state index contributed by atoms with van der Waals surface area (Å²) < 4.78 is 27.3. The Morgan fingerprint density at radius 1 is 1.10 bits per heavy atom. The van der Waals surface area contributed by atoms with Crippen molar-refractivity contribution in [2.75, 3.05) is 30.7 Å². The van der Waals surface area contributed by atoms with Crippen molar-refractivity contribution in [3.8, 4) is 0 Å². The predicted molar refractivity (Wildman–Crippen MR) is 118 cm³/mol. The van der Waals surface area contributed by atoms with Crippen LogP contribution < -0.4 is 10.0 Å². The molecule has 1 aromatic carbocycles. The zero-order valence-corrected chi connectivity index (χ0v) is 18.8. The highest BCUT2D eigenvalue weighted by Crippen LogP contribution is 2.38. The highest BCUT2D eigenvalue weighted by Gasteiger charge is 2.26. The van der Waals surface area contributed by atoms with Gasteiger partial charge in [-0.3, -0.25) is 0 Å². The number of rotatable bonds is 9. The molecule has 0 aromatic heterocycles. The van der Waals surface area contributed by atoms with E-state index in [1.807, 2.05) is 6.92 Å². The molecule has 0 spiro atoms. The first kappa shape index (κ1) is 22.1. The molecule has 0 saturated carbocycles. The van der Waals surface area contributed by atoms with Crippen LogP contribution in [0.1, 0.15) is 62.3 Å². The van der Waals surface area contributed by atoms with E-state index in [2.05, 4.69) is 34.9 Å². The van der Waals surface area contributed by atoms with Crippen molar-refractivity contribution < 1.29 is 13.2 Å². The molecule has 7 heteroatoms. The van der Waals surface area contributed by atoms with Crippen molar-refractivity contribution in [2.24, 2.45) is 5.92 Å². The molecule has 1 unspecified atom stereocenters. The van der Waals surface area contributed by atoms with Crippen LogP contribution in [-0.2, 0) is 35.7 Å². The van der Waals surface area contributed by atoms with E-state index < -0.39 is 16.1 Å². The van der Waals surface area contributed by atoms with E-state index >= 15 is 0 Å². The van der Waals surface area contributed by atoms with Crippen molar-refractivity contribution in [3.63, 3.8) is 0 Å². The zero-order chi connectivity index (χ0) is 21.0. The molecule has 2 aliphatic rings. The highest BCUT2D eigenvalue weighted by molar-refractivity contribution is 7.90. The molecular formula is C22H35N3O3S. The maximum atomic E-state index is 12.6. The van der Waals surface area contributed by atoms with Gasteiger partial charge < -0.3 is 10.2 Å². The SMILES string of the molecule is CCCN(CC)CC(C)CS(=O)(=O)NC(=O)Nc1c2c(cc3c1CCC3)CCC2. The molecule has 2 amide bonds. The summed E-state index contributed by atoms with van der Waals surface area (Å²) in [6.45, 7) is 8.70. The average Bonchev–Trinajstić information content (AvgIpc) is 3.28. The van der Waals surface area contributed by atoms with Crippen molar-refractivity contribution >= 4 is 21.7 Å². The van der Waals surface area contributed by atoms with Gasteiger partial charge in [0.25, 0.3) is 0 Å². The third kappa shape index (κ3) is 5.51. The summed E-state index contributed by atoms with van der Waals surface area (Å²) in [4.78, 5) is 14.8. The van der Waals surface area contributed by atoms with Gasteiger partial charge in [-0.15, -0.1) is 0 Å². The molecule has 2 N–H and O–H groups in total. The van der Waals surface area contributed by atoms with Crippen LogP contribution in [0.5, 0.6) is 0 Å². The lowest BCUT2D eigenvalue weighted by Gasteiger charge is -2.23. The van der Waals surface area contributed by atoms with Crippen molar-refractivity contribution in [2.45, 2.75) is 65.7 Å². The minimum absolute atomic E-state index is 0.0444. The number of carbonyl (C=O) groups excluding carboxylic acids is 1. The molecule has 0 bridgehead atoms. The van der Waals surface area contributed by atoms with Crippen LogP contribution in [0, 0.1) is 5.92 Å². The maximum absolute atomic E-state index is 12.6. The van der Waals surface area contributed by atoms with Crippen LogP contribution in [0.4, 0.5) is 10.5 Å². The van der Waals surface area contributed by atoms with Gasteiger partial charge in [-0.25, -0.2) is 17.9 Å². The third-order valence-corrected chi connectivity index (χ3v) is 7.52. The first-order chi connectivity index (χ1) is 13.8. The summed E-state index contributed by atoms with van der Waals surface area (Å²) in [5.41, 5.74) is 5.89. The topological polar surface area (TPSA) is 78.5 Å². The van der Waals surface area contributed by atoms with E-state index in [0.717, 1.165) is 63.7 Å². The smallest absolute Gasteiger partial charge is 0.307 e. The first-order valence-electron chi connectivity index (χ1n) is 11.0. The first-order valence-corrected chi connectivity index (χ1v) is 12.7. The molecule has 0 fully saturated rings. The van der Waals surface area contributed by atoms with Gasteiger partial charge in [-0.05, 0) is 86.2 Å². The van der Waals surface area contributed by atoms with Crippen LogP contribution in [0.15, 0.2) is 6.07 Å². The molecule has 2 aliphatic carbocycles. The summed E-state index contributed by atoms with van der Waals surface area (Å²) in [6.07, 6.45) is 7.21. The zero-order valence-electron chi connectivity index (χ0n) is 18.0. The fourth-order valence-electron chi connectivity index (χ4n) is 4.85. The molecule has 3 rings (SSSR count). The van der Waals surface area contributed by atoms with E-state index in [0.29, 0.717) is 6.54 Å². The monoisotopic (exact) mass is 421 g/mol. The lowest BCUT2D eigenvalue weighted by molar-refractivity contribution is 0.254. The summed E-state index contributed by atoms with van der Waals surface area (Å²) in [5, 5.41) is 2.90. The fraction of sp³-hybridized carbons (Fsp3) is 0.682. The second-order valence-electron chi connectivity index (χ2n) is 8.57. The number of benzene rings is 1. The number of aryl methyl sites for hydroxylation is 2. The molecule has 1 aromatic rings. The van der Waals surface area contributed by atoms with E-state index in [1.165, 1.54) is 22.3 Å². The number of nitrogens with one attached hydrogen (secondary N) is 2. The van der Waals surface area contributed by atoms with E-state index in [1.54, 1.807) is 0 Å². The Kier molecular flexibility index (Phi) is 7.22. The standard InChI is InChI=1S/C22H35N3O3S/c1-4-12-25(5-2)14-16(3)15-29(27,28)24-22(26)23-21-19-10-6-8-17(19)13-18-9-7-11-20(18)21/h13,16H,4-12,14-15H2,1-3H3,(H2,23,24,26). The van der Waals surface area contributed by atoms with Crippen LogP contribution in [0.3, 0.4) is 0 Å². The molecule has 162 valence electrons. The number of amides is 2. The molecule has 29 heavy (non-hydrogen) atoms. The van der Waals surface area contributed by atoms with Crippen LogP contribution >= 0.6 is 0 Å². The van der Waals surface area contributed by atoms with Gasteiger partial charge in [-0.2, -0.15) is 0 Å². The summed E-state index contributed by atoms with van der Waals surface area (Å²) in [6, 6.07) is 1.66. The summed E-state index contributed by atoms with van der Waals surface area (Å²) >= 11 is 0. The largest absolute Gasteiger partial charge is 0.332 e. The van der Waals surface area contributed by atoms with Crippen molar-refractivity contribution in [1.82, 2.24) is 9.62 Å². The van der Waals surface area contributed by atoms with Crippen LogP contribution in [0.25, 0.3) is 0 Å². The average molecular weight is 422 g/mol. The Morgan fingerprint density at radius 2 is 1.72 bits per heavy atom. The van der Waals surface area contributed by atoms with Gasteiger partial charge in [0.1, 0.15) is 0 Å². The predicted octanol–water partition coefficient (Wildman–Crippen LogP) is 3.48. The second kappa shape index (κ2) is 9.47. The lowest BCUT2D eigenvalue weighted by atomic mass is 9.99. The van der Waals surface area contributed by atoms with E-state index in [9.17, 15) is 13.2 Å². The Balaban J connectivity index is 1.64. The number of anilines is 1. The quantitative estimate of drug-likeness (QED) is 0.640. The lowest BCUT2D eigenvalue weighted by Crippen LogP contribution is -2.40. The number of nitrogens with zero attached hydrogens (tertiary/aromatic N) is 1. The molecule has 6 nitrogen and oxygen atoms in total. The number of carbonyl (C=O) groups is 1. The maximum Gasteiger partial charge on any atom is 0.332 e. The van der Waals surface area contributed by atoms with Gasteiger partial charge >= 0.3 is 6.03 Å². The number of hydrogen-bond acceptors (Lipinski definition) is 4. The molecule has 1 atom stereocenters. The minimum Gasteiger partial charge on any atom is -0.307 e. The summed E-state index contributed by atoms with van der Waals surface area (Å²) in [5.74, 6) is -0.0944. The van der Waals surface area contributed by atoms with Crippen LogP contribution in [-0.4, -0.2) is 44.7 Å². The molecule has 0 aliphatic heterocycles. The highest BCUT2D eigenvalue weighted by atomic mass is 32.2. The number of hydrogen-bond donors (Lipinski definition) is 2. The van der Waals surface area contributed by atoms with Crippen molar-refractivity contribution in [3.05, 3.63) is 28.3 Å². The van der Waals surface area contributed by atoms with Gasteiger partial charge in [0, 0.05) is 12.2 Å². The molecule has 0 radical (unpaired) electrons. The number of fused-ring (bicyclic) bond motifs is 2. The Bertz CT molecular complexity index is 819. The van der Waals surface area contributed by atoms with Gasteiger partial charge in [0.15, 0.2) is 0 Å². The Hall–Kier alpha value is -1.60. The van der Waals surface area contributed by atoms with Crippen molar-refractivity contribution in [1.29, 1.82) is 0 Å². The third-order valence-electron chi connectivity index (χ3n) is 6.02.